The molecule has 5 rings (SSSR count). The number of hydrogen-bond acceptors (Lipinski definition) is 7. The van der Waals surface area contributed by atoms with Crippen molar-refractivity contribution in [3.05, 3.63) is 24.5 Å². The van der Waals surface area contributed by atoms with Gasteiger partial charge in [0.2, 0.25) is 15.9 Å². The standard InChI is InChI=1S/C22H31N5O3S/c28-31(29)15-3-8-27(31)14-11-25-9-12-26(13-10-25)18-6-7-21-20(16-18)22(24-17-23-21)30-19-4-1-2-5-19/h6-7,16-17,19H,1-5,8-15H2. The van der Waals surface area contributed by atoms with Gasteiger partial charge in [0.1, 0.15) is 12.4 Å². The highest BCUT2D eigenvalue weighted by Crippen LogP contribution is 2.30. The van der Waals surface area contributed by atoms with Crippen LogP contribution in [-0.2, 0) is 10.0 Å². The van der Waals surface area contributed by atoms with Crippen molar-refractivity contribution in [2.45, 2.75) is 38.2 Å². The number of anilines is 1. The van der Waals surface area contributed by atoms with Gasteiger partial charge in [0.05, 0.1) is 16.7 Å². The number of benzene rings is 1. The molecule has 3 aliphatic rings. The van der Waals surface area contributed by atoms with Crippen molar-refractivity contribution in [2.75, 3.05) is 56.5 Å². The van der Waals surface area contributed by atoms with E-state index in [0.717, 1.165) is 62.9 Å². The Bertz CT molecular complexity index is 1020. The number of fused-ring (bicyclic) bond motifs is 1. The fraction of sp³-hybridized carbons (Fsp3) is 0.636. The van der Waals surface area contributed by atoms with Crippen LogP contribution < -0.4 is 9.64 Å². The van der Waals surface area contributed by atoms with E-state index in [1.54, 1.807) is 10.6 Å². The predicted octanol–water partition coefficient (Wildman–Crippen LogP) is 2.11. The van der Waals surface area contributed by atoms with Crippen molar-refractivity contribution < 1.29 is 13.2 Å². The molecule has 0 N–H and O–H groups in total. The predicted molar refractivity (Wildman–Crippen MR) is 121 cm³/mol. The molecule has 2 saturated heterocycles. The van der Waals surface area contributed by atoms with E-state index in [4.69, 9.17) is 4.74 Å². The summed E-state index contributed by atoms with van der Waals surface area (Å²) in [4.78, 5) is 13.6. The average Bonchev–Trinajstić information content (AvgIpc) is 3.41. The molecule has 0 spiro atoms. The molecule has 3 fully saturated rings. The van der Waals surface area contributed by atoms with Crippen LogP contribution in [0.3, 0.4) is 0 Å². The molecule has 0 atom stereocenters. The van der Waals surface area contributed by atoms with Gasteiger partial charge in [-0.15, -0.1) is 0 Å². The van der Waals surface area contributed by atoms with E-state index in [2.05, 4.69) is 38.0 Å². The third-order valence-corrected chi connectivity index (χ3v) is 8.73. The maximum absolute atomic E-state index is 12.0. The smallest absolute Gasteiger partial charge is 0.224 e. The lowest BCUT2D eigenvalue weighted by Crippen LogP contribution is -2.48. The van der Waals surface area contributed by atoms with Gasteiger partial charge in [-0.1, -0.05) is 0 Å². The number of aromatic nitrogens is 2. The molecule has 9 heteroatoms. The molecule has 1 aromatic heterocycles. The van der Waals surface area contributed by atoms with Gasteiger partial charge in [0.15, 0.2) is 0 Å². The van der Waals surface area contributed by atoms with E-state index >= 15 is 0 Å². The highest BCUT2D eigenvalue weighted by Gasteiger charge is 2.28. The second-order valence-corrected chi connectivity index (χ2v) is 10.9. The first kappa shape index (κ1) is 20.9. The molecule has 31 heavy (non-hydrogen) atoms. The Morgan fingerprint density at radius 1 is 0.968 bits per heavy atom. The van der Waals surface area contributed by atoms with Gasteiger partial charge in [-0.05, 0) is 50.3 Å². The Balaban J connectivity index is 1.22. The van der Waals surface area contributed by atoms with Gasteiger partial charge in [0, 0.05) is 51.5 Å². The van der Waals surface area contributed by atoms with Crippen LogP contribution >= 0.6 is 0 Å². The number of hydrogen-bond donors (Lipinski definition) is 0. The Morgan fingerprint density at radius 3 is 2.52 bits per heavy atom. The van der Waals surface area contributed by atoms with Gasteiger partial charge in [-0.2, -0.15) is 0 Å². The zero-order valence-electron chi connectivity index (χ0n) is 17.9. The van der Waals surface area contributed by atoms with Crippen LogP contribution in [0.25, 0.3) is 10.9 Å². The SMILES string of the molecule is O=S1(=O)CCCN1CCN1CCN(c2ccc3ncnc(OC4CCCC4)c3c2)CC1. The van der Waals surface area contributed by atoms with Crippen LogP contribution in [0.1, 0.15) is 32.1 Å². The summed E-state index contributed by atoms with van der Waals surface area (Å²) in [6, 6.07) is 6.34. The lowest BCUT2D eigenvalue weighted by molar-refractivity contribution is 0.204. The summed E-state index contributed by atoms with van der Waals surface area (Å²) < 4.78 is 31.8. The molecule has 0 amide bonds. The fourth-order valence-corrected chi connectivity index (χ4v) is 6.42. The lowest BCUT2D eigenvalue weighted by atomic mass is 10.2. The molecule has 1 aliphatic carbocycles. The highest BCUT2D eigenvalue weighted by molar-refractivity contribution is 7.89. The fourth-order valence-electron chi connectivity index (χ4n) is 4.90. The van der Waals surface area contributed by atoms with Gasteiger partial charge in [-0.25, -0.2) is 22.7 Å². The van der Waals surface area contributed by atoms with Gasteiger partial charge < -0.3 is 9.64 Å². The van der Waals surface area contributed by atoms with Crippen LogP contribution in [0.4, 0.5) is 5.69 Å². The van der Waals surface area contributed by atoms with Gasteiger partial charge in [0.25, 0.3) is 0 Å². The third-order valence-electron chi connectivity index (χ3n) is 6.77. The lowest BCUT2D eigenvalue weighted by Gasteiger charge is -2.36. The Morgan fingerprint density at radius 2 is 1.77 bits per heavy atom. The van der Waals surface area contributed by atoms with E-state index in [-0.39, 0.29) is 6.10 Å². The summed E-state index contributed by atoms with van der Waals surface area (Å²) in [5, 5.41) is 0.980. The minimum Gasteiger partial charge on any atom is -0.474 e. The molecule has 3 heterocycles. The summed E-state index contributed by atoms with van der Waals surface area (Å²) in [5.74, 6) is 1.00. The topological polar surface area (TPSA) is 78.9 Å². The van der Waals surface area contributed by atoms with E-state index in [1.807, 2.05) is 0 Å². The van der Waals surface area contributed by atoms with E-state index in [1.165, 1.54) is 18.5 Å². The van der Waals surface area contributed by atoms with E-state index in [9.17, 15) is 8.42 Å². The molecule has 1 aromatic carbocycles. The molecule has 8 nitrogen and oxygen atoms in total. The van der Waals surface area contributed by atoms with Crippen molar-refractivity contribution in [2.24, 2.45) is 0 Å². The third kappa shape index (κ3) is 4.63. The van der Waals surface area contributed by atoms with E-state index in [0.29, 0.717) is 24.7 Å². The van der Waals surface area contributed by atoms with Crippen molar-refractivity contribution in [1.82, 2.24) is 19.2 Å². The molecular weight excluding hydrogens is 414 g/mol. The first-order valence-electron chi connectivity index (χ1n) is 11.4. The zero-order valence-corrected chi connectivity index (χ0v) is 18.8. The molecule has 2 aliphatic heterocycles. The number of piperazine rings is 1. The summed E-state index contributed by atoms with van der Waals surface area (Å²) in [6.45, 7) is 5.79. The van der Waals surface area contributed by atoms with Crippen molar-refractivity contribution in [3.8, 4) is 5.88 Å². The Hall–Kier alpha value is -1.97. The summed E-state index contributed by atoms with van der Waals surface area (Å²) in [5.41, 5.74) is 2.08. The van der Waals surface area contributed by atoms with E-state index < -0.39 is 10.0 Å². The van der Waals surface area contributed by atoms with Crippen LogP contribution in [0.5, 0.6) is 5.88 Å². The van der Waals surface area contributed by atoms with Crippen LogP contribution in [0, 0.1) is 0 Å². The van der Waals surface area contributed by atoms with Crippen LogP contribution in [0.15, 0.2) is 24.5 Å². The minimum absolute atomic E-state index is 0.268. The number of rotatable bonds is 6. The highest BCUT2D eigenvalue weighted by atomic mass is 32.2. The molecule has 1 saturated carbocycles. The maximum Gasteiger partial charge on any atom is 0.224 e. The molecular formula is C22H31N5O3S. The molecule has 0 unspecified atom stereocenters. The monoisotopic (exact) mass is 445 g/mol. The van der Waals surface area contributed by atoms with Crippen LogP contribution in [-0.4, -0.2) is 85.3 Å². The number of ether oxygens (including phenoxy) is 1. The summed E-state index contributed by atoms with van der Waals surface area (Å²) >= 11 is 0. The number of sulfonamides is 1. The Kier molecular flexibility index (Phi) is 5.99. The minimum atomic E-state index is -3.00. The molecule has 0 bridgehead atoms. The number of nitrogens with zero attached hydrogens (tertiary/aromatic N) is 5. The van der Waals surface area contributed by atoms with Crippen molar-refractivity contribution in [1.29, 1.82) is 0 Å². The second kappa shape index (κ2) is 8.88. The van der Waals surface area contributed by atoms with Gasteiger partial charge in [-0.3, -0.25) is 4.90 Å². The summed E-state index contributed by atoms with van der Waals surface area (Å²) in [6.07, 6.45) is 7.28. The molecule has 0 radical (unpaired) electrons. The Labute approximate surface area is 184 Å². The zero-order chi connectivity index (χ0) is 21.3. The second-order valence-electron chi connectivity index (χ2n) is 8.80. The van der Waals surface area contributed by atoms with Gasteiger partial charge >= 0.3 is 0 Å². The average molecular weight is 446 g/mol. The summed E-state index contributed by atoms with van der Waals surface area (Å²) in [7, 11) is -3.00. The molecule has 168 valence electrons. The normalized spacial score (nSPS) is 23.0. The molecule has 2 aromatic rings. The van der Waals surface area contributed by atoms with Crippen LogP contribution in [0.2, 0.25) is 0 Å². The first-order valence-corrected chi connectivity index (χ1v) is 13.1. The van der Waals surface area contributed by atoms with Crippen molar-refractivity contribution in [3.63, 3.8) is 0 Å². The largest absolute Gasteiger partial charge is 0.474 e. The van der Waals surface area contributed by atoms with Crippen molar-refractivity contribution >= 4 is 26.6 Å². The first-order chi connectivity index (χ1) is 15.1. The maximum atomic E-state index is 12.0. The quantitative estimate of drug-likeness (QED) is 0.674.